The molecule has 128 valence electrons. The number of para-hydroxylation sites is 1. The minimum Gasteiger partial charge on any atom is -0.468 e. The molecule has 0 aliphatic carbocycles. The van der Waals surface area contributed by atoms with Crippen LogP contribution in [0.25, 0.3) is 10.9 Å². The summed E-state index contributed by atoms with van der Waals surface area (Å²) in [5.41, 5.74) is 0.898. The van der Waals surface area contributed by atoms with Gasteiger partial charge in [0.2, 0.25) is 0 Å². The van der Waals surface area contributed by atoms with Gasteiger partial charge < -0.3 is 9.47 Å². The van der Waals surface area contributed by atoms with E-state index < -0.39 is 0 Å². The van der Waals surface area contributed by atoms with Gasteiger partial charge in [-0.3, -0.25) is 9.69 Å². The van der Waals surface area contributed by atoms with Crippen LogP contribution in [0.1, 0.15) is 12.7 Å². The highest BCUT2D eigenvalue weighted by molar-refractivity contribution is 8.00. The molecule has 3 rings (SSSR count). The second kappa shape index (κ2) is 7.92. The van der Waals surface area contributed by atoms with Gasteiger partial charge in [-0.05, 0) is 13.0 Å². The van der Waals surface area contributed by atoms with Crippen molar-refractivity contribution in [2.75, 3.05) is 33.4 Å². The van der Waals surface area contributed by atoms with Crippen molar-refractivity contribution >= 4 is 28.6 Å². The average molecular weight is 347 g/mol. The lowest BCUT2D eigenvalue weighted by molar-refractivity contribution is -0.139. The number of methoxy groups -OCH3 is 1. The van der Waals surface area contributed by atoms with Gasteiger partial charge in [-0.25, -0.2) is 9.97 Å². The maximum Gasteiger partial charge on any atom is 0.318 e. The fourth-order valence-corrected chi connectivity index (χ4v) is 3.58. The lowest BCUT2D eigenvalue weighted by Gasteiger charge is -2.26. The topological polar surface area (TPSA) is 64.5 Å². The summed E-state index contributed by atoms with van der Waals surface area (Å²) in [6, 6.07) is 7.89. The van der Waals surface area contributed by atoms with Crippen LogP contribution in [0.5, 0.6) is 0 Å². The van der Waals surface area contributed by atoms with Gasteiger partial charge in [0, 0.05) is 18.5 Å². The SMILES string of the molecule is COC(=O)[C@@H](C)Sc1nc(CN2CCOCC2)nc2ccccc12. The zero-order valence-corrected chi connectivity index (χ0v) is 14.7. The molecule has 0 bridgehead atoms. The lowest BCUT2D eigenvalue weighted by atomic mass is 10.2. The van der Waals surface area contributed by atoms with Gasteiger partial charge in [0.15, 0.2) is 0 Å². The molecular formula is C17H21N3O3S. The Morgan fingerprint density at radius 1 is 1.33 bits per heavy atom. The highest BCUT2D eigenvalue weighted by Gasteiger charge is 2.19. The summed E-state index contributed by atoms with van der Waals surface area (Å²) in [7, 11) is 1.40. The number of esters is 1. The molecule has 1 fully saturated rings. The summed E-state index contributed by atoms with van der Waals surface area (Å²) in [5.74, 6) is 0.521. The molecule has 24 heavy (non-hydrogen) atoms. The second-order valence-corrected chi connectivity index (χ2v) is 6.96. The molecular weight excluding hydrogens is 326 g/mol. The van der Waals surface area contributed by atoms with E-state index >= 15 is 0 Å². The Kier molecular flexibility index (Phi) is 5.65. The van der Waals surface area contributed by atoms with Crippen LogP contribution in [-0.2, 0) is 20.8 Å². The number of ether oxygens (including phenoxy) is 2. The number of hydrogen-bond acceptors (Lipinski definition) is 7. The Bertz CT molecular complexity index is 719. The second-order valence-electron chi connectivity index (χ2n) is 5.63. The van der Waals surface area contributed by atoms with Crippen molar-refractivity contribution in [2.24, 2.45) is 0 Å². The van der Waals surface area contributed by atoms with E-state index in [1.807, 2.05) is 31.2 Å². The van der Waals surface area contributed by atoms with Crippen molar-refractivity contribution in [3.63, 3.8) is 0 Å². The number of nitrogens with zero attached hydrogens (tertiary/aromatic N) is 3. The van der Waals surface area contributed by atoms with E-state index in [9.17, 15) is 4.79 Å². The first-order valence-corrected chi connectivity index (χ1v) is 8.85. The highest BCUT2D eigenvalue weighted by Crippen LogP contribution is 2.29. The molecule has 1 aromatic heterocycles. The van der Waals surface area contributed by atoms with Crippen molar-refractivity contribution in [3.8, 4) is 0 Å². The predicted octanol–water partition coefficient (Wildman–Crippen LogP) is 2.12. The van der Waals surface area contributed by atoms with Crippen LogP contribution in [0.3, 0.4) is 0 Å². The molecule has 0 spiro atoms. The van der Waals surface area contributed by atoms with Crippen molar-refractivity contribution in [2.45, 2.75) is 23.7 Å². The summed E-state index contributed by atoms with van der Waals surface area (Å²) in [6.45, 7) is 5.78. The first-order chi connectivity index (χ1) is 11.7. The molecule has 1 aliphatic rings. The minimum absolute atomic E-state index is 0.252. The lowest BCUT2D eigenvalue weighted by Crippen LogP contribution is -2.36. The summed E-state index contributed by atoms with van der Waals surface area (Å²) in [6.07, 6.45) is 0. The van der Waals surface area contributed by atoms with Crippen LogP contribution >= 0.6 is 11.8 Å². The first-order valence-electron chi connectivity index (χ1n) is 7.97. The molecule has 1 aromatic carbocycles. The number of benzene rings is 1. The largest absolute Gasteiger partial charge is 0.468 e. The highest BCUT2D eigenvalue weighted by atomic mass is 32.2. The third-order valence-electron chi connectivity index (χ3n) is 3.90. The number of aromatic nitrogens is 2. The molecule has 2 aromatic rings. The fourth-order valence-electron chi connectivity index (χ4n) is 2.59. The van der Waals surface area contributed by atoms with E-state index in [1.54, 1.807) is 0 Å². The van der Waals surface area contributed by atoms with Gasteiger partial charge in [-0.15, -0.1) is 0 Å². The van der Waals surface area contributed by atoms with E-state index in [0.29, 0.717) is 6.54 Å². The van der Waals surface area contributed by atoms with Gasteiger partial charge >= 0.3 is 5.97 Å². The summed E-state index contributed by atoms with van der Waals surface area (Å²) in [4.78, 5) is 23.4. The van der Waals surface area contributed by atoms with E-state index in [1.165, 1.54) is 18.9 Å². The summed E-state index contributed by atoms with van der Waals surface area (Å²) < 4.78 is 10.2. The van der Waals surface area contributed by atoms with Crippen molar-refractivity contribution in [1.29, 1.82) is 0 Å². The maximum absolute atomic E-state index is 11.7. The van der Waals surface area contributed by atoms with Gasteiger partial charge in [-0.1, -0.05) is 30.0 Å². The van der Waals surface area contributed by atoms with E-state index in [0.717, 1.165) is 48.1 Å². The molecule has 1 aliphatic heterocycles. The zero-order valence-electron chi connectivity index (χ0n) is 13.9. The molecule has 2 heterocycles. The third kappa shape index (κ3) is 4.03. The average Bonchev–Trinajstić information content (AvgIpc) is 2.62. The van der Waals surface area contributed by atoms with Gasteiger partial charge in [0.1, 0.15) is 16.1 Å². The molecule has 6 nitrogen and oxygen atoms in total. The Morgan fingerprint density at radius 3 is 2.83 bits per heavy atom. The Hall–Kier alpha value is -1.70. The van der Waals surface area contributed by atoms with Crippen molar-refractivity contribution < 1.29 is 14.3 Å². The van der Waals surface area contributed by atoms with Crippen LogP contribution < -0.4 is 0 Å². The van der Waals surface area contributed by atoms with Crippen molar-refractivity contribution in [1.82, 2.24) is 14.9 Å². The quantitative estimate of drug-likeness (QED) is 0.466. The molecule has 0 unspecified atom stereocenters. The van der Waals surface area contributed by atoms with Gasteiger partial charge in [0.25, 0.3) is 0 Å². The Balaban J connectivity index is 1.88. The Labute approximate surface area is 145 Å². The Morgan fingerprint density at radius 2 is 2.08 bits per heavy atom. The van der Waals surface area contributed by atoms with Gasteiger partial charge in [-0.2, -0.15) is 0 Å². The van der Waals surface area contributed by atoms with E-state index in [2.05, 4.69) is 9.88 Å². The molecule has 0 amide bonds. The molecule has 0 saturated carbocycles. The zero-order chi connectivity index (χ0) is 16.9. The number of thioether (sulfide) groups is 1. The third-order valence-corrected chi connectivity index (χ3v) is 4.99. The van der Waals surface area contributed by atoms with Crippen LogP contribution in [0.4, 0.5) is 0 Å². The number of rotatable bonds is 5. The van der Waals surface area contributed by atoms with Crippen LogP contribution in [0.15, 0.2) is 29.3 Å². The van der Waals surface area contributed by atoms with Crippen molar-refractivity contribution in [3.05, 3.63) is 30.1 Å². The van der Waals surface area contributed by atoms with Crippen LogP contribution in [0, 0.1) is 0 Å². The van der Waals surface area contributed by atoms with Crippen LogP contribution in [0.2, 0.25) is 0 Å². The van der Waals surface area contributed by atoms with Gasteiger partial charge in [0.05, 0.1) is 32.4 Å². The standard InChI is InChI=1S/C17H21N3O3S/c1-12(17(21)22-2)24-16-13-5-3-4-6-14(13)18-15(19-16)11-20-7-9-23-10-8-20/h3-6,12H,7-11H2,1-2H3/t12-/m1/s1. The molecule has 1 saturated heterocycles. The number of carbonyl (C=O) groups excluding carboxylic acids is 1. The smallest absolute Gasteiger partial charge is 0.318 e. The number of morpholine rings is 1. The monoisotopic (exact) mass is 347 g/mol. The number of hydrogen-bond donors (Lipinski definition) is 0. The first kappa shape index (κ1) is 17.1. The van der Waals surface area contributed by atoms with E-state index in [4.69, 9.17) is 14.5 Å². The molecule has 1 atom stereocenters. The minimum atomic E-state index is -0.315. The molecule has 7 heteroatoms. The number of fused-ring (bicyclic) bond motifs is 1. The summed E-state index contributed by atoms with van der Waals surface area (Å²) >= 11 is 1.41. The normalized spacial score (nSPS) is 16.9. The maximum atomic E-state index is 11.7. The summed E-state index contributed by atoms with van der Waals surface area (Å²) in [5, 5.41) is 1.47. The fraction of sp³-hybridized carbons (Fsp3) is 0.471. The van der Waals surface area contributed by atoms with E-state index in [-0.39, 0.29) is 11.2 Å². The molecule has 0 radical (unpaired) electrons. The van der Waals surface area contributed by atoms with Crippen LogP contribution in [-0.4, -0.2) is 59.5 Å². The molecule has 0 N–H and O–H groups in total. The predicted molar refractivity (Wildman–Crippen MR) is 93.0 cm³/mol. The number of carbonyl (C=O) groups is 1.